The summed E-state index contributed by atoms with van der Waals surface area (Å²) in [5.74, 6) is 1.62. The molecule has 6 heteroatoms. The van der Waals surface area contributed by atoms with Crippen LogP contribution in [-0.2, 0) is 4.74 Å². The normalized spacial score (nSPS) is 20.7. The van der Waals surface area contributed by atoms with Crippen LogP contribution in [0.5, 0.6) is 0 Å². The molecule has 1 saturated heterocycles. The van der Waals surface area contributed by atoms with E-state index >= 15 is 0 Å². The molecule has 1 aromatic heterocycles. The van der Waals surface area contributed by atoms with Crippen molar-refractivity contribution < 1.29 is 4.74 Å². The lowest BCUT2D eigenvalue weighted by atomic mass is 10.1. The van der Waals surface area contributed by atoms with Crippen LogP contribution in [0.4, 0.5) is 0 Å². The molecule has 142 valence electrons. The Morgan fingerprint density at radius 1 is 1.44 bits per heavy atom. The van der Waals surface area contributed by atoms with Crippen molar-refractivity contribution in [1.82, 2.24) is 15.5 Å². The second-order valence-corrected chi connectivity index (χ2v) is 8.02. The number of aliphatic imine (C=N–C) groups is 1. The van der Waals surface area contributed by atoms with Crippen LogP contribution >= 0.6 is 11.3 Å². The van der Waals surface area contributed by atoms with Crippen molar-refractivity contribution in [2.24, 2.45) is 10.9 Å². The first-order chi connectivity index (χ1) is 12.1. The first-order valence-corrected chi connectivity index (χ1v) is 10.4. The molecule has 2 unspecified atom stereocenters. The van der Waals surface area contributed by atoms with Crippen LogP contribution in [0.3, 0.4) is 0 Å². The maximum Gasteiger partial charge on any atom is 0.191 e. The van der Waals surface area contributed by atoms with E-state index in [-0.39, 0.29) is 6.10 Å². The summed E-state index contributed by atoms with van der Waals surface area (Å²) >= 11 is 1.82. The first kappa shape index (κ1) is 20.2. The van der Waals surface area contributed by atoms with Gasteiger partial charge < -0.3 is 15.4 Å². The van der Waals surface area contributed by atoms with Gasteiger partial charge in [0.05, 0.1) is 25.3 Å². The molecule has 0 spiro atoms. The fourth-order valence-electron chi connectivity index (χ4n) is 2.99. The van der Waals surface area contributed by atoms with Crippen molar-refractivity contribution in [1.29, 1.82) is 0 Å². The highest BCUT2D eigenvalue weighted by Crippen LogP contribution is 2.27. The van der Waals surface area contributed by atoms with E-state index in [2.05, 4.69) is 60.7 Å². The number of hydrogen-bond donors (Lipinski definition) is 2. The topological polar surface area (TPSA) is 48.9 Å². The molecule has 5 nitrogen and oxygen atoms in total. The summed E-state index contributed by atoms with van der Waals surface area (Å²) in [5.41, 5.74) is 0. The van der Waals surface area contributed by atoms with Crippen molar-refractivity contribution in [3.8, 4) is 0 Å². The minimum Gasteiger partial charge on any atom is -0.376 e. The van der Waals surface area contributed by atoms with E-state index in [1.807, 2.05) is 11.3 Å². The van der Waals surface area contributed by atoms with Crippen LogP contribution in [-0.4, -0.2) is 56.3 Å². The van der Waals surface area contributed by atoms with Gasteiger partial charge in [0.1, 0.15) is 0 Å². The highest BCUT2D eigenvalue weighted by Gasteiger charge is 2.26. The van der Waals surface area contributed by atoms with Crippen LogP contribution < -0.4 is 10.6 Å². The predicted octanol–water partition coefficient (Wildman–Crippen LogP) is 3.11. The SMILES string of the molecule is CCNC(=NCC(c1cccs1)N1CCOC(C)C1)NCCC(C)C. The third-order valence-electron chi connectivity index (χ3n) is 4.37. The third kappa shape index (κ3) is 6.96. The molecule has 2 atom stereocenters. The number of guanidine groups is 1. The Morgan fingerprint density at radius 3 is 2.92 bits per heavy atom. The minimum atomic E-state index is 0.289. The average Bonchev–Trinajstić information content (AvgIpc) is 3.09. The summed E-state index contributed by atoms with van der Waals surface area (Å²) in [7, 11) is 0. The monoisotopic (exact) mass is 366 g/mol. The first-order valence-electron chi connectivity index (χ1n) is 9.51. The molecule has 2 heterocycles. The molecule has 1 aromatic rings. The zero-order valence-corrected chi connectivity index (χ0v) is 16.9. The lowest BCUT2D eigenvalue weighted by Crippen LogP contribution is -2.44. The molecular formula is C19H34N4OS. The van der Waals surface area contributed by atoms with Crippen LogP contribution in [0.25, 0.3) is 0 Å². The highest BCUT2D eigenvalue weighted by molar-refractivity contribution is 7.10. The highest BCUT2D eigenvalue weighted by atomic mass is 32.1. The van der Waals surface area contributed by atoms with Crippen LogP contribution in [0.2, 0.25) is 0 Å². The summed E-state index contributed by atoms with van der Waals surface area (Å²) in [6.07, 6.45) is 1.44. The second-order valence-electron chi connectivity index (χ2n) is 7.04. The Balaban J connectivity index is 2.03. The summed E-state index contributed by atoms with van der Waals surface area (Å²) < 4.78 is 5.72. The van der Waals surface area contributed by atoms with Crippen LogP contribution in [0.1, 0.15) is 45.0 Å². The molecule has 0 radical (unpaired) electrons. The van der Waals surface area contributed by atoms with Crippen molar-refractivity contribution in [3.05, 3.63) is 22.4 Å². The van der Waals surface area contributed by atoms with E-state index in [1.165, 1.54) is 4.88 Å². The van der Waals surface area contributed by atoms with Crippen molar-refractivity contribution in [2.45, 2.75) is 46.3 Å². The molecule has 0 amide bonds. The maximum absolute atomic E-state index is 5.72. The summed E-state index contributed by atoms with van der Waals surface area (Å²) in [5, 5.41) is 8.99. The van der Waals surface area contributed by atoms with Gasteiger partial charge in [0.2, 0.25) is 0 Å². The van der Waals surface area contributed by atoms with Gasteiger partial charge in [-0.1, -0.05) is 19.9 Å². The molecule has 1 aliphatic rings. The zero-order valence-electron chi connectivity index (χ0n) is 16.1. The standard InChI is InChI=1S/C19H34N4OS/c1-5-20-19(21-9-8-15(2)3)22-13-17(18-7-6-12-25-18)23-10-11-24-16(4)14-23/h6-7,12,15-17H,5,8-11,13-14H2,1-4H3,(H2,20,21,22). The van der Waals surface area contributed by atoms with Crippen molar-refractivity contribution >= 4 is 17.3 Å². The summed E-state index contributed by atoms with van der Waals surface area (Å²) in [6, 6.07) is 4.68. The number of nitrogens with zero attached hydrogens (tertiary/aromatic N) is 2. The lowest BCUT2D eigenvalue weighted by Gasteiger charge is -2.36. The molecule has 0 aromatic carbocycles. The van der Waals surface area contributed by atoms with Gasteiger partial charge >= 0.3 is 0 Å². The van der Waals surface area contributed by atoms with Crippen LogP contribution in [0.15, 0.2) is 22.5 Å². The zero-order chi connectivity index (χ0) is 18.1. The molecule has 2 N–H and O–H groups in total. The molecule has 0 saturated carbocycles. The van der Waals surface area contributed by atoms with E-state index in [4.69, 9.17) is 9.73 Å². The molecule has 0 bridgehead atoms. The molecule has 1 aliphatic heterocycles. The van der Waals surface area contributed by atoms with E-state index in [0.29, 0.717) is 12.0 Å². The Kier molecular flexibility index (Phi) is 8.72. The number of ether oxygens (including phenoxy) is 1. The number of hydrogen-bond acceptors (Lipinski definition) is 4. The number of thiophene rings is 1. The van der Waals surface area contributed by atoms with Crippen LogP contribution in [0, 0.1) is 5.92 Å². The van der Waals surface area contributed by atoms with Gasteiger partial charge in [-0.05, 0) is 37.6 Å². The molecule has 1 fully saturated rings. The Morgan fingerprint density at radius 2 is 2.28 bits per heavy atom. The van der Waals surface area contributed by atoms with E-state index in [9.17, 15) is 0 Å². The fourth-order valence-corrected chi connectivity index (χ4v) is 3.85. The van der Waals surface area contributed by atoms with Gasteiger partial charge in [-0.3, -0.25) is 9.89 Å². The number of morpholine rings is 1. The summed E-state index contributed by atoms with van der Waals surface area (Å²) in [4.78, 5) is 8.79. The van der Waals surface area contributed by atoms with E-state index < -0.39 is 0 Å². The van der Waals surface area contributed by atoms with Gasteiger partial charge in [-0.25, -0.2) is 0 Å². The van der Waals surface area contributed by atoms with Gasteiger partial charge in [0.25, 0.3) is 0 Å². The Hall–Kier alpha value is -1.11. The summed E-state index contributed by atoms with van der Waals surface area (Å²) in [6.45, 7) is 14.1. The number of nitrogens with one attached hydrogen (secondary N) is 2. The lowest BCUT2D eigenvalue weighted by molar-refractivity contribution is -0.0327. The largest absolute Gasteiger partial charge is 0.376 e. The van der Waals surface area contributed by atoms with Gasteiger partial charge in [0, 0.05) is 31.1 Å². The quantitative estimate of drug-likeness (QED) is 0.548. The fraction of sp³-hybridized carbons (Fsp3) is 0.737. The van der Waals surface area contributed by atoms with E-state index in [0.717, 1.165) is 51.7 Å². The van der Waals surface area contributed by atoms with Crippen molar-refractivity contribution in [3.63, 3.8) is 0 Å². The molecular weight excluding hydrogens is 332 g/mol. The average molecular weight is 367 g/mol. The van der Waals surface area contributed by atoms with Gasteiger partial charge in [0.15, 0.2) is 5.96 Å². The second kappa shape index (κ2) is 10.8. The molecule has 2 rings (SSSR count). The predicted molar refractivity (Wildman–Crippen MR) is 107 cm³/mol. The Labute approximate surface area is 156 Å². The molecule has 0 aliphatic carbocycles. The third-order valence-corrected chi connectivity index (χ3v) is 5.34. The Bertz CT molecular complexity index is 504. The molecule has 25 heavy (non-hydrogen) atoms. The van der Waals surface area contributed by atoms with E-state index in [1.54, 1.807) is 0 Å². The van der Waals surface area contributed by atoms with Crippen molar-refractivity contribution in [2.75, 3.05) is 39.3 Å². The van der Waals surface area contributed by atoms with Gasteiger partial charge in [-0.2, -0.15) is 0 Å². The maximum atomic E-state index is 5.72. The number of rotatable bonds is 8. The smallest absolute Gasteiger partial charge is 0.191 e. The minimum absolute atomic E-state index is 0.289. The van der Waals surface area contributed by atoms with Gasteiger partial charge in [-0.15, -0.1) is 11.3 Å².